The third-order valence-electron chi connectivity index (χ3n) is 2.63. The smallest absolute Gasteiger partial charge is 0.137 e. The first kappa shape index (κ1) is 11.7. The summed E-state index contributed by atoms with van der Waals surface area (Å²) in [5, 5.41) is 4.27. The highest BCUT2D eigenvalue weighted by atomic mass is 79.9. The Morgan fingerprint density at radius 2 is 2.06 bits per heavy atom. The lowest BCUT2D eigenvalue weighted by atomic mass is 10.0. The molecule has 0 aliphatic carbocycles. The van der Waals surface area contributed by atoms with E-state index < -0.39 is 0 Å². The summed E-state index contributed by atoms with van der Waals surface area (Å²) < 4.78 is 6.98. The van der Waals surface area contributed by atoms with Crippen molar-refractivity contribution in [1.29, 1.82) is 0 Å². The zero-order valence-corrected chi connectivity index (χ0v) is 11.4. The normalized spacial score (nSPS) is 11.6. The lowest BCUT2D eigenvalue weighted by Gasteiger charge is -2.06. The topological polar surface area (TPSA) is 25.2 Å². The molecule has 1 N–H and O–H groups in total. The van der Waals surface area contributed by atoms with E-state index in [-0.39, 0.29) is 0 Å². The quantitative estimate of drug-likeness (QED) is 0.919. The number of halogens is 1. The van der Waals surface area contributed by atoms with E-state index in [2.05, 4.69) is 53.3 Å². The average molecular weight is 282 g/mol. The maximum Gasteiger partial charge on any atom is 0.137 e. The summed E-state index contributed by atoms with van der Waals surface area (Å²) in [6, 6.07) is 6.34. The zero-order valence-electron chi connectivity index (χ0n) is 9.80. The Balaban J connectivity index is 2.60. The Morgan fingerprint density at radius 3 is 2.69 bits per heavy atom. The average Bonchev–Trinajstić information content (AvgIpc) is 2.59. The van der Waals surface area contributed by atoms with Gasteiger partial charge in [0.05, 0.1) is 6.54 Å². The summed E-state index contributed by atoms with van der Waals surface area (Å²) in [5.74, 6) is 1.45. The summed E-state index contributed by atoms with van der Waals surface area (Å²) >= 11 is 3.54. The largest absolute Gasteiger partial charge is 0.459 e. The fourth-order valence-corrected chi connectivity index (χ4v) is 2.38. The van der Waals surface area contributed by atoms with E-state index in [0.29, 0.717) is 5.92 Å². The van der Waals surface area contributed by atoms with E-state index in [0.717, 1.165) is 22.4 Å². The van der Waals surface area contributed by atoms with Gasteiger partial charge >= 0.3 is 0 Å². The Kier molecular flexibility index (Phi) is 3.36. The van der Waals surface area contributed by atoms with Crippen LogP contribution in [0.1, 0.15) is 31.1 Å². The molecule has 0 unspecified atom stereocenters. The van der Waals surface area contributed by atoms with Crippen molar-refractivity contribution in [2.24, 2.45) is 0 Å². The molecule has 0 saturated heterocycles. The minimum absolute atomic E-state index is 0.466. The van der Waals surface area contributed by atoms with Crippen molar-refractivity contribution in [3.8, 4) is 0 Å². The minimum atomic E-state index is 0.466. The minimum Gasteiger partial charge on any atom is -0.459 e. The lowest BCUT2D eigenvalue weighted by Crippen LogP contribution is -2.03. The van der Waals surface area contributed by atoms with Gasteiger partial charge in [0.2, 0.25) is 0 Å². The molecule has 86 valence electrons. The van der Waals surface area contributed by atoms with Crippen LogP contribution in [0.15, 0.2) is 27.1 Å². The fraction of sp³-hybridized carbons (Fsp3) is 0.385. The molecule has 0 amide bonds. The van der Waals surface area contributed by atoms with Crippen LogP contribution < -0.4 is 5.32 Å². The van der Waals surface area contributed by atoms with Gasteiger partial charge in [-0.25, -0.2) is 0 Å². The zero-order chi connectivity index (χ0) is 11.7. The number of rotatable bonds is 3. The number of furan rings is 1. The van der Waals surface area contributed by atoms with Gasteiger partial charge in [0.15, 0.2) is 0 Å². The van der Waals surface area contributed by atoms with Gasteiger partial charge in [0, 0.05) is 9.86 Å². The van der Waals surface area contributed by atoms with Crippen LogP contribution in [0.4, 0.5) is 0 Å². The van der Waals surface area contributed by atoms with E-state index >= 15 is 0 Å². The van der Waals surface area contributed by atoms with Crippen LogP contribution in [0, 0.1) is 0 Å². The van der Waals surface area contributed by atoms with Gasteiger partial charge in [0.1, 0.15) is 11.3 Å². The Labute approximate surface area is 104 Å². The maximum absolute atomic E-state index is 5.87. The van der Waals surface area contributed by atoms with Crippen LogP contribution in [-0.2, 0) is 6.54 Å². The molecule has 1 aromatic carbocycles. The molecule has 0 fully saturated rings. The highest BCUT2D eigenvalue weighted by molar-refractivity contribution is 9.10. The molecule has 1 heterocycles. The molecule has 0 aliphatic rings. The molecule has 0 radical (unpaired) electrons. The Hall–Kier alpha value is -0.800. The van der Waals surface area contributed by atoms with Crippen LogP contribution in [0.3, 0.4) is 0 Å². The molecule has 0 spiro atoms. The van der Waals surface area contributed by atoms with Gasteiger partial charge in [-0.05, 0) is 36.7 Å². The van der Waals surface area contributed by atoms with E-state index in [1.165, 1.54) is 10.9 Å². The SMILES string of the molecule is CNCc1cc2cc(Br)cc(C(C)C)c2o1. The van der Waals surface area contributed by atoms with Crippen LogP contribution in [-0.4, -0.2) is 7.05 Å². The Bertz CT molecular complexity index is 502. The second-order valence-electron chi connectivity index (χ2n) is 4.31. The molecule has 0 aliphatic heterocycles. The first-order valence-electron chi connectivity index (χ1n) is 5.48. The molecular weight excluding hydrogens is 266 g/mol. The van der Waals surface area contributed by atoms with Gasteiger partial charge in [0.25, 0.3) is 0 Å². The summed E-state index contributed by atoms with van der Waals surface area (Å²) in [7, 11) is 1.92. The number of hydrogen-bond acceptors (Lipinski definition) is 2. The third-order valence-corrected chi connectivity index (χ3v) is 3.09. The predicted octanol–water partition coefficient (Wildman–Crippen LogP) is 4.04. The number of nitrogens with one attached hydrogen (secondary N) is 1. The monoisotopic (exact) mass is 281 g/mol. The molecule has 2 aromatic rings. The van der Waals surface area contributed by atoms with E-state index in [1.807, 2.05) is 7.05 Å². The third kappa shape index (κ3) is 2.15. The molecule has 0 saturated carbocycles. The molecule has 2 rings (SSSR count). The van der Waals surface area contributed by atoms with Crippen molar-refractivity contribution in [2.45, 2.75) is 26.3 Å². The lowest BCUT2D eigenvalue weighted by molar-refractivity contribution is 0.526. The van der Waals surface area contributed by atoms with Gasteiger partial charge in [-0.2, -0.15) is 0 Å². The summed E-state index contributed by atoms with van der Waals surface area (Å²) in [6.45, 7) is 5.13. The van der Waals surface area contributed by atoms with Gasteiger partial charge in [-0.3, -0.25) is 0 Å². The standard InChI is InChI=1S/C13H16BrNO/c1-8(2)12-6-10(14)4-9-5-11(7-15-3)16-13(9)12/h4-6,8,15H,7H2,1-3H3. The van der Waals surface area contributed by atoms with Gasteiger partial charge in [-0.15, -0.1) is 0 Å². The van der Waals surface area contributed by atoms with Crippen LogP contribution in [0.25, 0.3) is 11.0 Å². The van der Waals surface area contributed by atoms with Crippen LogP contribution in [0.2, 0.25) is 0 Å². The molecule has 2 nitrogen and oxygen atoms in total. The predicted molar refractivity (Wildman–Crippen MR) is 70.8 cm³/mol. The van der Waals surface area contributed by atoms with Crippen molar-refractivity contribution < 1.29 is 4.42 Å². The Morgan fingerprint density at radius 1 is 1.31 bits per heavy atom. The molecule has 1 aromatic heterocycles. The fourth-order valence-electron chi connectivity index (χ4n) is 1.89. The number of hydrogen-bond donors (Lipinski definition) is 1. The van der Waals surface area contributed by atoms with E-state index in [1.54, 1.807) is 0 Å². The maximum atomic E-state index is 5.87. The van der Waals surface area contributed by atoms with Crippen molar-refractivity contribution in [1.82, 2.24) is 5.32 Å². The van der Waals surface area contributed by atoms with Crippen molar-refractivity contribution in [2.75, 3.05) is 7.05 Å². The van der Waals surface area contributed by atoms with Gasteiger partial charge in [-0.1, -0.05) is 29.8 Å². The molecule has 3 heteroatoms. The highest BCUT2D eigenvalue weighted by Gasteiger charge is 2.11. The van der Waals surface area contributed by atoms with Crippen molar-refractivity contribution in [3.05, 3.63) is 34.0 Å². The summed E-state index contributed by atoms with van der Waals surface area (Å²) in [5.41, 5.74) is 2.27. The van der Waals surface area contributed by atoms with E-state index in [9.17, 15) is 0 Å². The summed E-state index contributed by atoms with van der Waals surface area (Å²) in [6.07, 6.45) is 0. The molecule has 0 bridgehead atoms. The van der Waals surface area contributed by atoms with Crippen LogP contribution in [0.5, 0.6) is 0 Å². The van der Waals surface area contributed by atoms with E-state index in [4.69, 9.17) is 4.42 Å². The van der Waals surface area contributed by atoms with Gasteiger partial charge < -0.3 is 9.73 Å². The molecule has 0 atom stereocenters. The number of fused-ring (bicyclic) bond motifs is 1. The summed E-state index contributed by atoms with van der Waals surface area (Å²) in [4.78, 5) is 0. The second-order valence-corrected chi connectivity index (χ2v) is 5.23. The molecular formula is C13H16BrNO. The number of benzene rings is 1. The second kappa shape index (κ2) is 4.60. The van der Waals surface area contributed by atoms with Crippen molar-refractivity contribution in [3.63, 3.8) is 0 Å². The first-order chi connectivity index (χ1) is 7.61. The van der Waals surface area contributed by atoms with Crippen LogP contribution >= 0.6 is 15.9 Å². The first-order valence-corrected chi connectivity index (χ1v) is 6.27. The highest BCUT2D eigenvalue weighted by Crippen LogP contribution is 2.31. The molecule has 16 heavy (non-hydrogen) atoms. The van der Waals surface area contributed by atoms with Crippen molar-refractivity contribution >= 4 is 26.9 Å².